The molecule has 0 atom stereocenters. The summed E-state index contributed by atoms with van der Waals surface area (Å²) in [4.78, 5) is 23.5. The van der Waals surface area contributed by atoms with E-state index in [1.165, 1.54) is 17.3 Å². The molecule has 7 nitrogen and oxygen atoms in total. The summed E-state index contributed by atoms with van der Waals surface area (Å²) in [5, 5.41) is 4.98. The van der Waals surface area contributed by atoms with E-state index in [1.807, 2.05) is 20.2 Å². The van der Waals surface area contributed by atoms with Crippen molar-refractivity contribution in [2.45, 2.75) is 13.0 Å². The number of hydrogen-bond acceptors (Lipinski definition) is 5. The normalized spacial score (nSPS) is 14.3. The van der Waals surface area contributed by atoms with Gasteiger partial charge in [0.25, 0.3) is 0 Å². The highest BCUT2D eigenvalue weighted by Gasteiger charge is 2.17. The van der Waals surface area contributed by atoms with E-state index in [9.17, 15) is 13.6 Å². The average molecular weight is 481 g/mol. The van der Waals surface area contributed by atoms with E-state index in [1.54, 1.807) is 12.3 Å². The van der Waals surface area contributed by atoms with Gasteiger partial charge in [-0.3, -0.25) is 4.90 Å². The van der Waals surface area contributed by atoms with Gasteiger partial charge in [0, 0.05) is 58.6 Å². The van der Waals surface area contributed by atoms with Crippen LogP contribution >= 0.6 is 0 Å². The van der Waals surface area contributed by atoms with Crippen LogP contribution in [0.5, 0.6) is 0 Å². The Morgan fingerprint density at radius 1 is 0.971 bits per heavy atom. The number of rotatable bonds is 6. The monoisotopic (exact) mass is 480 g/mol. The molecule has 2 N–H and O–H groups in total. The zero-order valence-corrected chi connectivity index (χ0v) is 20.0. The van der Waals surface area contributed by atoms with Crippen molar-refractivity contribution in [2.75, 3.05) is 60.7 Å². The summed E-state index contributed by atoms with van der Waals surface area (Å²) in [5.74, 6) is -0.698. The summed E-state index contributed by atoms with van der Waals surface area (Å²) in [7, 11) is 4.08. The minimum Gasteiger partial charge on any atom is -0.378 e. The quantitative estimate of drug-likeness (QED) is 0.532. The zero-order chi connectivity index (χ0) is 24.8. The Morgan fingerprint density at radius 3 is 2.46 bits per heavy atom. The number of halogens is 2. The summed E-state index contributed by atoms with van der Waals surface area (Å²) in [5.41, 5.74) is 2.87. The maximum atomic E-state index is 13.7. The molecule has 3 aromatic rings. The Labute approximate surface area is 204 Å². The third-order valence-corrected chi connectivity index (χ3v) is 5.96. The molecule has 4 rings (SSSR count). The molecule has 2 aromatic carbocycles. The number of amides is 2. The lowest BCUT2D eigenvalue weighted by molar-refractivity contribution is 0.262. The first kappa shape index (κ1) is 24.4. The van der Waals surface area contributed by atoms with Crippen LogP contribution < -0.4 is 20.4 Å². The summed E-state index contributed by atoms with van der Waals surface area (Å²) in [6.07, 6.45) is 2.61. The predicted octanol–water partition coefficient (Wildman–Crippen LogP) is 4.78. The van der Waals surface area contributed by atoms with Crippen molar-refractivity contribution in [1.29, 1.82) is 0 Å². The number of aromatic nitrogens is 1. The van der Waals surface area contributed by atoms with Gasteiger partial charge >= 0.3 is 6.03 Å². The molecule has 0 radical (unpaired) electrons. The molecule has 1 aromatic heterocycles. The minimum absolute atomic E-state index is 0.101. The van der Waals surface area contributed by atoms with E-state index >= 15 is 0 Å². The van der Waals surface area contributed by atoms with Crippen LogP contribution in [0.15, 0.2) is 60.8 Å². The number of anilines is 4. The number of pyridine rings is 1. The van der Waals surface area contributed by atoms with Crippen LogP contribution in [-0.4, -0.2) is 56.2 Å². The highest BCUT2D eigenvalue weighted by Crippen LogP contribution is 2.19. The van der Waals surface area contributed by atoms with Crippen molar-refractivity contribution in [2.24, 2.45) is 0 Å². The number of nitrogens with one attached hydrogen (secondary N) is 2. The maximum Gasteiger partial charge on any atom is 0.323 e. The molecular weight excluding hydrogens is 450 g/mol. The molecule has 1 saturated heterocycles. The first-order valence-corrected chi connectivity index (χ1v) is 11.6. The first-order chi connectivity index (χ1) is 16.9. The molecule has 1 fully saturated rings. The van der Waals surface area contributed by atoms with Gasteiger partial charge in [0.2, 0.25) is 0 Å². The molecule has 184 valence electrons. The lowest BCUT2D eigenvalue weighted by Crippen LogP contribution is -2.31. The Bertz CT molecular complexity index is 1140. The van der Waals surface area contributed by atoms with Gasteiger partial charge in [0.1, 0.15) is 17.5 Å². The third kappa shape index (κ3) is 6.66. The third-order valence-electron chi connectivity index (χ3n) is 5.96. The summed E-state index contributed by atoms with van der Waals surface area (Å²) in [6, 6.07) is 14.6. The van der Waals surface area contributed by atoms with Crippen LogP contribution in [0.2, 0.25) is 0 Å². The van der Waals surface area contributed by atoms with Crippen LogP contribution in [0, 0.1) is 11.6 Å². The second-order valence-corrected chi connectivity index (χ2v) is 8.79. The number of nitrogens with zero attached hydrogens (tertiary/aromatic N) is 4. The molecule has 35 heavy (non-hydrogen) atoms. The van der Waals surface area contributed by atoms with Crippen LogP contribution in [0.1, 0.15) is 12.0 Å². The van der Waals surface area contributed by atoms with E-state index in [-0.39, 0.29) is 5.69 Å². The number of urea groups is 1. The predicted molar refractivity (Wildman–Crippen MR) is 136 cm³/mol. The van der Waals surface area contributed by atoms with Crippen molar-refractivity contribution in [3.63, 3.8) is 0 Å². The number of hydrogen-bond donors (Lipinski definition) is 2. The number of carbonyl (C=O) groups excluding carboxylic acids is 1. The van der Waals surface area contributed by atoms with Gasteiger partial charge in [-0.15, -0.1) is 0 Å². The van der Waals surface area contributed by atoms with E-state index in [0.717, 1.165) is 57.1 Å². The molecule has 0 aliphatic carbocycles. The zero-order valence-electron chi connectivity index (χ0n) is 20.0. The Hall–Kier alpha value is -3.72. The van der Waals surface area contributed by atoms with E-state index in [4.69, 9.17) is 0 Å². The van der Waals surface area contributed by atoms with Gasteiger partial charge in [-0.25, -0.2) is 18.6 Å². The number of carbonyl (C=O) groups is 1. The van der Waals surface area contributed by atoms with E-state index in [0.29, 0.717) is 5.69 Å². The molecule has 0 saturated carbocycles. The van der Waals surface area contributed by atoms with Crippen molar-refractivity contribution < 1.29 is 13.6 Å². The van der Waals surface area contributed by atoms with Gasteiger partial charge < -0.3 is 20.4 Å². The van der Waals surface area contributed by atoms with E-state index < -0.39 is 17.7 Å². The maximum absolute atomic E-state index is 13.7. The Balaban J connectivity index is 1.29. The SMILES string of the molecule is CN(C)c1ccc(CN2CCCN(c3ccc(NC(=O)Nc4ccc(F)cc4F)cn3)CC2)cc1. The topological polar surface area (TPSA) is 63.7 Å². The summed E-state index contributed by atoms with van der Waals surface area (Å²) >= 11 is 0. The Kier molecular flexibility index (Phi) is 7.77. The Morgan fingerprint density at radius 2 is 1.77 bits per heavy atom. The fourth-order valence-electron chi connectivity index (χ4n) is 4.04. The van der Waals surface area contributed by atoms with Gasteiger partial charge in [0.15, 0.2) is 0 Å². The van der Waals surface area contributed by atoms with Crippen molar-refractivity contribution in [1.82, 2.24) is 9.88 Å². The van der Waals surface area contributed by atoms with Gasteiger partial charge in [-0.05, 0) is 48.4 Å². The molecule has 0 spiro atoms. The second kappa shape index (κ2) is 11.1. The van der Waals surface area contributed by atoms with Crippen LogP contribution in [0.4, 0.5) is 36.5 Å². The second-order valence-electron chi connectivity index (χ2n) is 8.79. The fraction of sp³-hybridized carbons (Fsp3) is 0.308. The largest absolute Gasteiger partial charge is 0.378 e. The van der Waals surface area contributed by atoms with Gasteiger partial charge in [0.05, 0.1) is 17.6 Å². The highest BCUT2D eigenvalue weighted by atomic mass is 19.1. The molecule has 2 heterocycles. The molecule has 2 amide bonds. The van der Waals surface area contributed by atoms with Crippen LogP contribution in [0.25, 0.3) is 0 Å². The molecular formula is C26H30F2N6O. The fourth-order valence-corrected chi connectivity index (χ4v) is 4.04. The number of benzene rings is 2. The van der Waals surface area contributed by atoms with Crippen molar-refractivity contribution in [3.05, 3.63) is 78.0 Å². The first-order valence-electron chi connectivity index (χ1n) is 11.6. The highest BCUT2D eigenvalue weighted by molar-refractivity contribution is 5.99. The molecule has 1 aliphatic heterocycles. The van der Waals surface area contributed by atoms with E-state index in [2.05, 4.69) is 54.6 Å². The smallest absolute Gasteiger partial charge is 0.323 e. The summed E-state index contributed by atoms with van der Waals surface area (Å²) < 4.78 is 26.8. The molecule has 9 heteroatoms. The van der Waals surface area contributed by atoms with Crippen molar-refractivity contribution in [3.8, 4) is 0 Å². The van der Waals surface area contributed by atoms with Gasteiger partial charge in [-0.1, -0.05) is 12.1 Å². The lowest BCUT2D eigenvalue weighted by atomic mass is 10.2. The average Bonchev–Trinajstić information content (AvgIpc) is 3.07. The standard InChI is InChI=1S/C26H30F2N6O/c1-32(2)22-8-4-19(5-9-22)18-33-12-3-13-34(15-14-33)25-11-7-21(17-29-25)30-26(35)31-24-10-6-20(27)16-23(24)28/h4-11,16-17H,3,12-15,18H2,1-2H3,(H2,30,31,35). The van der Waals surface area contributed by atoms with Crippen LogP contribution in [0.3, 0.4) is 0 Å². The molecule has 0 bridgehead atoms. The van der Waals surface area contributed by atoms with Crippen LogP contribution in [-0.2, 0) is 6.54 Å². The molecule has 1 aliphatic rings. The lowest BCUT2D eigenvalue weighted by Gasteiger charge is -2.23. The van der Waals surface area contributed by atoms with Crippen molar-refractivity contribution >= 4 is 28.9 Å². The van der Waals surface area contributed by atoms with Gasteiger partial charge in [-0.2, -0.15) is 0 Å². The minimum atomic E-state index is -0.839. The summed E-state index contributed by atoms with van der Waals surface area (Å²) in [6.45, 7) is 4.64. The molecule has 0 unspecified atom stereocenters.